The van der Waals surface area contributed by atoms with Crippen molar-refractivity contribution in [1.29, 1.82) is 0 Å². The molecule has 1 N–H and O–H groups in total. The van der Waals surface area contributed by atoms with E-state index in [4.69, 9.17) is 9.47 Å². The van der Waals surface area contributed by atoms with Gasteiger partial charge in [0, 0.05) is 10.4 Å². The lowest BCUT2D eigenvalue weighted by atomic mass is 9.88. The Morgan fingerprint density at radius 2 is 2.19 bits per heavy atom. The number of benzene rings is 1. The van der Waals surface area contributed by atoms with Gasteiger partial charge in [0.25, 0.3) is 0 Å². The van der Waals surface area contributed by atoms with E-state index in [-0.39, 0.29) is 19.1 Å². The lowest BCUT2D eigenvalue weighted by molar-refractivity contribution is -0.117. The minimum absolute atomic E-state index is 0.127. The zero-order valence-electron chi connectivity index (χ0n) is 18.3. The molecule has 0 spiro atoms. The fraction of sp³-hybridized carbons (Fsp3) is 0.409. The van der Waals surface area contributed by atoms with Gasteiger partial charge < -0.3 is 14.8 Å². The van der Waals surface area contributed by atoms with Gasteiger partial charge in [-0.25, -0.2) is 4.79 Å². The van der Waals surface area contributed by atoms with Gasteiger partial charge >= 0.3 is 5.97 Å². The van der Waals surface area contributed by atoms with E-state index in [9.17, 15) is 9.59 Å². The number of anilines is 1. The standard InChI is InChI=1S/C22H25N5O4S/c1-4-31-22(29)19-16-9-8-13(2)10-17(16)32-21(19)23-18(28)12-27-25-20(24-26-27)14-6-5-7-15(11-14)30-3/h5-7,11,13H,4,8-10,12H2,1-3H3,(H,23,28)/t13-/m0/s1. The van der Waals surface area contributed by atoms with Crippen molar-refractivity contribution in [3.63, 3.8) is 0 Å². The smallest absolute Gasteiger partial charge is 0.341 e. The molecule has 9 nitrogen and oxygen atoms in total. The van der Waals surface area contributed by atoms with Gasteiger partial charge in [0.15, 0.2) is 0 Å². The molecule has 10 heteroatoms. The molecule has 1 aromatic carbocycles. The third-order valence-corrected chi connectivity index (χ3v) is 6.48. The van der Waals surface area contributed by atoms with E-state index >= 15 is 0 Å². The summed E-state index contributed by atoms with van der Waals surface area (Å²) in [6, 6.07) is 7.29. The van der Waals surface area contributed by atoms with E-state index in [2.05, 4.69) is 27.7 Å². The van der Waals surface area contributed by atoms with Crippen molar-refractivity contribution < 1.29 is 19.1 Å². The van der Waals surface area contributed by atoms with Gasteiger partial charge in [0.05, 0.1) is 19.3 Å². The van der Waals surface area contributed by atoms with Crippen LogP contribution in [-0.2, 0) is 28.9 Å². The predicted molar refractivity (Wildman–Crippen MR) is 120 cm³/mol. The summed E-state index contributed by atoms with van der Waals surface area (Å²) in [5, 5.41) is 15.7. The molecule has 0 unspecified atom stereocenters. The molecule has 32 heavy (non-hydrogen) atoms. The Morgan fingerprint density at radius 1 is 1.34 bits per heavy atom. The highest BCUT2D eigenvalue weighted by atomic mass is 32.1. The number of methoxy groups -OCH3 is 1. The van der Waals surface area contributed by atoms with Crippen LogP contribution in [0.1, 0.15) is 41.1 Å². The molecule has 0 radical (unpaired) electrons. The van der Waals surface area contributed by atoms with Crippen LogP contribution in [0.15, 0.2) is 24.3 Å². The third kappa shape index (κ3) is 4.64. The summed E-state index contributed by atoms with van der Waals surface area (Å²) in [6.07, 6.45) is 2.72. The van der Waals surface area contributed by atoms with E-state index in [0.29, 0.717) is 28.1 Å². The number of tetrazole rings is 1. The van der Waals surface area contributed by atoms with E-state index in [0.717, 1.165) is 35.3 Å². The Kier molecular flexibility index (Phi) is 6.50. The molecule has 2 aromatic heterocycles. The van der Waals surface area contributed by atoms with Crippen LogP contribution < -0.4 is 10.1 Å². The number of hydrogen-bond donors (Lipinski definition) is 1. The number of rotatable bonds is 7. The maximum Gasteiger partial charge on any atom is 0.341 e. The Balaban J connectivity index is 1.51. The molecule has 2 heterocycles. The fourth-order valence-corrected chi connectivity index (χ4v) is 5.16. The van der Waals surface area contributed by atoms with Gasteiger partial charge in [0.2, 0.25) is 11.7 Å². The topological polar surface area (TPSA) is 108 Å². The van der Waals surface area contributed by atoms with Crippen LogP contribution in [0.2, 0.25) is 0 Å². The first kappa shape index (κ1) is 21.9. The predicted octanol–water partition coefficient (Wildman–Crippen LogP) is 3.35. The highest BCUT2D eigenvalue weighted by Gasteiger charge is 2.29. The van der Waals surface area contributed by atoms with Crippen molar-refractivity contribution >= 4 is 28.2 Å². The molecule has 0 fully saturated rings. The molecule has 1 atom stereocenters. The molecule has 0 saturated carbocycles. The number of thiophene rings is 1. The normalized spacial score (nSPS) is 15.2. The Hall–Kier alpha value is -3.27. The number of esters is 1. The van der Waals surface area contributed by atoms with Crippen LogP contribution in [0.25, 0.3) is 11.4 Å². The maximum absolute atomic E-state index is 12.7. The number of carbonyl (C=O) groups excluding carboxylic acids is 2. The number of carbonyl (C=O) groups is 2. The second-order valence-corrected chi connectivity index (χ2v) is 8.81. The van der Waals surface area contributed by atoms with Crippen LogP contribution >= 0.6 is 11.3 Å². The monoisotopic (exact) mass is 455 g/mol. The highest BCUT2D eigenvalue weighted by Crippen LogP contribution is 2.40. The molecule has 1 aliphatic rings. The first-order valence-electron chi connectivity index (χ1n) is 10.5. The van der Waals surface area contributed by atoms with Crippen LogP contribution in [-0.4, -0.2) is 45.8 Å². The molecule has 1 aliphatic carbocycles. The summed E-state index contributed by atoms with van der Waals surface area (Å²) in [7, 11) is 1.58. The molecule has 0 aliphatic heterocycles. The third-order valence-electron chi connectivity index (χ3n) is 5.31. The van der Waals surface area contributed by atoms with Crippen LogP contribution in [0.3, 0.4) is 0 Å². The molecular weight excluding hydrogens is 430 g/mol. The van der Waals surface area contributed by atoms with Crippen molar-refractivity contribution in [3.05, 3.63) is 40.3 Å². The van der Waals surface area contributed by atoms with E-state index in [1.807, 2.05) is 18.2 Å². The molecule has 0 bridgehead atoms. The highest BCUT2D eigenvalue weighted by molar-refractivity contribution is 7.17. The van der Waals surface area contributed by atoms with Crippen molar-refractivity contribution in [2.45, 2.75) is 39.7 Å². The van der Waals surface area contributed by atoms with Gasteiger partial charge in [0.1, 0.15) is 17.3 Å². The summed E-state index contributed by atoms with van der Waals surface area (Å²) in [5.74, 6) is 0.892. The van der Waals surface area contributed by atoms with Crippen LogP contribution in [0.4, 0.5) is 5.00 Å². The average Bonchev–Trinajstić information content (AvgIpc) is 3.37. The molecule has 1 amide bonds. The first-order valence-corrected chi connectivity index (χ1v) is 11.3. The average molecular weight is 456 g/mol. The van der Waals surface area contributed by atoms with Gasteiger partial charge in [-0.15, -0.1) is 21.5 Å². The SMILES string of the molecule is CCOC(=O)c1c(NC(=O)Cn2nnc(-c3cccc(OC)c3)n2)sc2c1CC[C@H](C)C2. The zero-order chi connectivity index (χ0) is 22.7. The molecular formula is C22H25N5O4S. The minimum atomic E-state index is -0.394. The van der Waals surface area contributed by atoms with E-state index in [1.54, 1.807) is 20.1 Å². The number of nitrogens with one attached hydrogen (secondary N) is 1. The second-order valence-electron chi connectivity index (χ2n) is 7.70. The number of hydrogen-bond acceptors (Lipinski definition) is 8. The van der Waals surface area contributed by atoms with Gasteiger partial charge in [-0.1, -0.05) is 19.1 Å². The minimum Gasteiger partial charge on any atom is -0.497 e. The van der Waals surface area contributed by atoms with Gasteiger partial charge in [-0.05, 0) is 55.0 Å². The zero-order valence-corrected chi connectivity index (χ0v) is 19.1. The first-order chi connectivity index (χ1) is 15.5. The van der Waals surface area contributed by atoms with Gasteiger partial charge in [-0.2, -0.15) is 4.80 Å². The molecule has 0 saturated heterocycles. The number of nitrogens with zero attached hydrogens (tertiary/aromatic N) is 4. The Morgan fingerprint density at radius 3 is 2.97 bits per heavy atom. The number of aromatic nitrogens is 4. The summed E-state index contributed by atoms with van der Waals surface area (Å²) < 4.78 is 10.5. The Bertz CT molecular complexity index is 1140. The van der Waals surface area contributed by atoms with Crippen molar-refractivity contribution in [2.24, 2.45) is 5.92 Å². The lowest BCUT2D eigenvalue weighted by Gasteiger charge is -2.18. The number of fused-ring (bicyclic) bond motifs is 1. The van der Waals surface area contributed by atoms with Gasteiger partial charge in [-0.3, -0.25) is 4.79 Å². The molecule has 168 valence electrons. The Labute approximate surface area is 189 Å². The number of ether oxygens (including phenoxy) is 2. The maximum atomic E-state index is 12.7. The second kappa shape index (κ2) is 9.47. The van der Waals surface area contributed by atoms with E-state index < -0.39 is 5.97 Å². The summed E-state index contributed by atoms with van der Waals surface area (Å²) in [4.78, 5) is 27.7. The largest absolute Gasteiger partial charge is 0.497 e. The van der Waals surface area contributed by atoms with Crippen molar-refractivity contribution in [1.82, 2.24) is 20.2 Å². The fourth-order valence-electron chi connectivity index (χ4n) is 3.74. The number of amides is 1. The van der Waals surface area contributed by atoms with Crippen molar-refractivity contribution in [2.75, 3.05) is 19.0 Å². The van der Waals surface area contributed by atoms with E-state index in [1.165, 1.54) is 16.1 Å². The van der Waals surface area contributed by atoms with Crippen molar-refractivity contribution in [3.8, 4) is 17.1 Å². The summed E-state index contributed by atoms with van der Waals surface area (Å²) >= 11 is 1.45. The summed E-state index contributed by atoms with van der Waals surface area (Å²) in [6.45, 7) is 4.12. The van der Waals surface area contributed by atoms with Crippen LogP contribution in [0.5, 0.6) is 5.75 Å². The molecule has 3 aromatic rings. The summed E-state index contributed by atoms with van der Waals surface area (Å²) in [5.41, 5.74) is 2.22. The lowest BCUT2D eigenvalue weighted by Crippen LogP contribution is -2.21. The quantitative estimate of drug-likeness (QED) is 0.544. The molecule has 4 rings (SSSR count). The van der Waals surface area contributed by atoms with Crippen LogP contribution in [0, 0.1) is 5.92 Å².